The van der Waals surface area contributed by atoms with Crippen LogP contribution in [-0.2, 0) is 4.79 Å². The van der Waals surface area contributed by atoms with Gasteiger partial charge in [0.05, 0.1) is 0 Å². The minimum atomic E-state index is -0.743. The van der Waals surface area contributed by atoms with Gasteiger partial charge >= 0.3 is 5.97 Å². The topological polar surface area (TPSA) is 62.2 Å². The summed E-state index contributed by atoms with van der Waals surface area (Å²) in [5.74, 6) is 0.0525. The molecule has 1 fully saturated rings. The Hall–Kier alpha value is -0.590. The van der Waals surface area contributed by atoms with Gasteiger partial charge in [-0.05, 0) is 26.2 Å². The third-order valence-corrected chi connectivity index (χ3v) is 4.71. The maximum Gasteiger partial charge on any atom is 0.320 e. The van der Waals surface area contributed by atoms with E-state index in [0.717, 1.165) is 28.6 Å². The molecule has 1 aliphatic rings. The van der Waals surface area contributed by atoms with E-state index < -0.39 is 12.0 Å². The number of thiazole rings is 1. The molecule has 0 bridgehead atoms. The molecule has 17 heavy (non-hydrogen) atoms. The fourth-order valence-electron chi connectivity index (χ4n) is 1.48. The smallest absolute Gasteiger partial charge is 0.320 e. The lowest BCUT2D eigenvalue weighted by molar-refractivity contribution is -0.139. The van der Waals surface area contributed by atoms with Gasteiger partial charge in [0.25, 0.3) is 0 Å². The highest BCUT2D eigenvalue weighted by Crippen LogP contribution is 2.24. The van der Waals surface area contributed by atoms with Crippen LogP contribution < -0.4 is 5.32 Å². The minimum Gasteiger partial charge on any atom is -0.480 e. The van der Waals surface area contributed by atoms with Crippen LogP contribution in [0.15, 0.2) is 9.72 Å². The normalized spacial score (nSPS) is 17.0. The molecule has 2 rings (SSSR count). The van der Waals surface area contributed by atoms with E-state index in [-0.39, 0.29) is 0 Å². The van der Waals surface area contributed by atoms with Crippen LogP contribution in [-0.4, -0.2) is 33.9 Å². The van der Waals surface area contributed by atoms with Crippen molar-refractivity contribution in [1.82, 2.24) is 10.3 Å². The summed E-state index contributed by atoms with van der Waals surface area (Å²) in [5.41, 5.74) is 1.03. The van der Waals surface area contributed by atoms with Crippen molar-refractivity contribution in [2.75, 3.05) is 5.75 Å². The number of aliphatic carboxylic acids is 1. The summed E-state index contributed by atoms with van der Waals surface area (Å²) in [7, 11) is 0. The number of hydrogen-bond donors (Lipinski definition) is 2. The molecule has 1 aliphatic carbocycles. The molecule has 1 unspecified atom stereocenters. The first kappa shape index (κ1) is 12.9. The van der Waals surface area contributed by atoms with Crippen molar-refractivity contribution >= 4 is 29.1 Å². The summed E-state index contributed by atoms with van der Waals surface area (Å²) in [6.45, 7) is 1.97. The van der Waals surface area contributed by atoms with E-state index >= 15 is 0 Å². The lowest BCUT2D eigenvalue weighted by atomic mass is 10.2. The van der Waals surface area contributed by atoms with Crippen LogP contribution in [0.1, 0.15) is 25.0 Å². The first-order valence-corrected chi connectivity index (χ1v) is 7.55. The third-order valence-electron chi connectivity index (χ3n) is 2.54. The average molecular weight is 272 g/mol. The number of carboxylic acid groups (broad SMARTS) is 1. The second-order valence-corrected chi connectivity index (χ2v) is 6.42. The Morgan fingerprint density at radius 3 is 3.06 bits per heavy atom. The number of carbonyl (C=O) groups is 1. The minimum absolute atomic E-state index is 0.406. The van der Waals surface area contributed by atoms with Gasteiger partial charge in [-0.15, -0.1) is 11.3 Å². The maximum atomic E-state index is 11.0. The van der Waals surface area contributed by atoms with E-state index in [1.807, 2.05) is 12.3 Å². The Morgan fingerprint density at radius 1 is 1.76 bits per heavy atom. The molecule has 1 saturated carbocycles. The number of aryl methyl sites for hydroxylation is 1. The summed E-state index contributed by atoms with van der Waals surface area (Å²) < 4.78 is 1.03. The standard InChI is InChI=1S/C11H16N2O2S2/c1-7-6-17-11(12-7)16-5-4-9(10(14)15)13-8-2-3-8/h6,8-9,13H,2-5H2,1H3,(H,14,15). The molecule has 4 nitrogen and oxygen atoms in total. The molecule has 1 heterocycles. The molecule has 0 aliphatic heterocycles. The molecule has 0 radical (unpaired) electrons. The molecule has 1 aromatic rings. The second-order valence-electron chi connectivity index (χ2n) is 4.22. The number of rotatable bonds is 7. The van der Waals surface area contributed by atoms with Crippen molar-refractivity contribution in [3.63, 3.8) is 0 Å². The van der Waals surface area contributed by atoms with Crippen LogP contribution in [0.5, 0.6) is 0 Å². The molecular weight excluding hydrogens is 256 g/mol. The highest BCUT2D eigenvalue weighted by Gasteiger charge is 2.27. The summed E-state index contributed by atoms with van der Waals surface area (Å²) in [6, 6.07) is 0.0271. The van der Waals surface area contributed by atoms with Crippen LogP contribution in [0.25, 0.3) is 0 Å². The van der Waals surface area contributed by atoms with Gasteiger partial charge in [0.15, 0.2) is 0 Å². The van der Waals surface area contributed by atoms with Crippen molar-refractivity contribution in [2.45, 2.75) is 42.6 Å². The van der Waals surface area contributed by atoms with Gasteiger partial charge in [-0.1, -0.05) is 11.8 Å². The van der Waals surface area contributed by atoms with Crippen molar-refractivity contribution in [1.29, 1.82) is 0 Å². The summed E-state index contributed by atoms with van der Waals surface area (Å²) in [5, 5.41) is 14.2. The number of carboxylic acids is 1. The fraction of sp³-hybridized carbons (Fsp3) is 0.636. The molecule has 2 N–H and O–H groups in total. The Bertz CT molecular complexity index is 391. The van der Waals surface area contributed by atoms with Crippen molar-refractivity contribution in [2.24, 2.45) is 0 Å². The number of nitrogens with one attached hydrogen (secondary N) is 1. The number of hydrogen-bond acceptors (Lipinski definition) is 5. The Kier molecular flexibility index (Phi) is 4.42. The highest BCUT2D eigenvalue weighted by molar-refractivity contribution is 8.01. The monoisotopic (exact) mass is 272 g/mol. The number of thioether (sulfide) groups is 1. The Labute approximate surface area is 109 Å². The second kappa shape index (κ2) is 5.84. The zero-order chi connectivity index (χ0) is 12.3. The van der Waals surface area contributed by atoms with Gasteiger partial charge in [-0.2, -0.15) is 0 Å². The quantitative estimate of drug-likeness (QED) is 0.745. The van der Waals surface area contributed by atoms with Crippen molar-refractivity contribution < 1.29 is 9.90 Å². The van der Waals surface area contributed by atoms with E-state index in [4.69, 9.17) is 5.11 Å². The van der Waals surface area contributed by atoms with Crippen molar-refractivity contribution in [3.05, 3.63) is 11.1 Å². The molecule has 6 heteroatoms. The van der Waals surface area contributed by atoms with E-state index in [9.17, 15) is 4.79 Å². The highest BCUT2D eigenvalue weighted by atomic mass is 32.2. The Morgan fingerprint density at radius 2 is 2.53 bits per heavy atom. The summed E-state index contributed by atoms with van der Waals surface area (Å²) in [4.78, 5) is 15.4. The van der Waals surface area contributed by atoms with E-state index in [2.05, 4.69) is 10.3 Å². The first-order chi connectivity index (χ1) is 8.15. The Balaban J connectivity index is 1.72. The van der Waals surface area contributed by atoms with E-state index in [1.54, 1.807) is 23.1 Å². The molecule has 0 saturated heterocycles. The zero-order valence-electron chi connectivity index (χ0n) is 9.68. The predicted octanol–water partition coefficient (Wildman–Crippen LogP) is 2.14. The van der Waals surface area contributed by atoms with Crippen LogP contribution in [0.4, 0.5) is 0 Å². The fourth-order valence-corrected chi connectivity index (χ4v) is 3.40. The summed E-state index contributed by atoms with van der Waals surface area (Å²) in [6.07, 6.45) is 2.88. The van der Waals surface area contributed by atoms with Crippen molar-refractivity contribution in [3.8, 4) is 0 Å². The lowest BCUT2D eigenvalue weighted by Crippen LogP contribution is -2.38. The molecule has 1 aromatic heterocycles. The van der Waals surface area contributed by atoms with Gasteiger partial charge in [0.1, 0.15) is 10.4 Å². The zero-order valence-corrected chi connectivity index (χ0v) is 11.3. The first-order valence-electron chi connectivity index (χ1n) is 5.69. The molecule has 0 amide bonds. The van der Waals surface area contributed by atoms with E-state index in [1.165, 1.54) is 0 Å². The average Bonchev–Trinajstić information content (AvgIpc) is 3.00. The predicted molar refractivity (Wildman–Crippen MR) is 69.8 cm³/mol. The van der Waals surface area contributed by atoms with Crippen LogP contribution >= 0.6 is 23.1 Å². The van der Waals surface area contributed by atoms with Gasteiger partial charge in [0, 0.05) is 22.9 Å². The maximum absolute atomic E-state index is 11.0. The lowest BCUT2D eigenvalue weighted by Gasteiger charge is -2.12. The SMILES string of the molecule is Cc1csc(SCCC(NC2CC2)C(=O)O)n1. The molecule has 0 spiro atoms. The molecule has 0 aromatic carbocycles. The van der Waals surface area contributed by atoms with Gasteiger partial charge < -0.3 is 10.4 Å². The van der Waals surface area contributed by atoms with Gasteiger partial charge in [0.2, 0.25) is 0 Å². The number of aromatic nitrogens is 1. The largest absolute Gasteiger partial charge is 0.480 e. The molecule has 94 valence electrons. The van der Waals surface area contributed by atoms with Gasteiger partial charge in [-0.25, -0.2) is 4.98 Å². The number of nitrogens with zero attached hydrogens (tertiary/aromatic N) is 1. The van der Waals surface area contributed by atoms with E-state index in [0.29, 0.717) is 12.5 Å². The molecular formula is C11H16N2O2S2. The van der Waals surface area contributed by atoms with Crippen LogP contribution in [0.2, 0.25) is 0 Å². The summed E-state index contributed by atoms with van der Waals surface area (Å²) >= 11 is 3.26. The molecule has 1 atom stereocenters. The van der Waals surface area contributed by atoms with Crippen LogP contribution in [0.3, 0.4) is 0 Å². The van der Waals surface area contributed by atoms with Gasteiger partial charge in [-0.3, -0.25) is 4.79 Å². The van der Waals surface area contributed by atoms with Crippen LogP contribution in [0, 0.1) is 6.92 Å². The third kappa shape index (κ3) is 4.29.